The number of nitrogens with one attached hydrogen (secondary N) is 2. The van der Waals surface area contributed by atoms with Crippen LogP contribution in [0.25, 0.3) is 11.5 Å². The molecule has 26 heavy (non-hydrogen) atoms. The molecule has 7 heteroatoms. The number of carbonyl (C=O) groups is 1. The molecule has 1 aliphatic rings. The van der Waals surface area contributed by atoms with Crippen LogP contribution in [0.4, 0.5) is 0 Å². The van der Waals surface area contributed by atoms with E-state index >= 15 is 0 Å². The fourth-order valence-electron chi connectivity index (χ4n) is 3.31. The molecule has 0 unspecified atom stereocenters. The summed E-state index contributed by atoms with van der Waals surface area (Å²) >= 11 is 0. The number of carbonyl (C=O) groups excluding carboxylic acids is 1. The van der Waals surface area contributed by atoms with Gasteiger partial charge >= 0.3 is 0 Å². The van der Waals surface area contributed by atoms with Gasteiger partial charge in [-0.3, -0.25) is 4.79 Å². The first-order valence-electron chi connectivity index (χ1n) is 9.15. The van der Waals surface area contributed by atoms with Crippen molar-refractivity contribution in [3.8, 4) is 11.5 Å². The number of nitrogens with zero attached hydrogens (tertiary/aromatic N) is 2. The third kappa shape index (κ3) is 5.54. The van der Waals surface area contributed by atoms with Gasteiger partial charge in [-0.05, 0) is 31.9 Å². The van der Waals surface area contributed by atoms with E-state index < -0.39 is 0 Å². The fourth-order valence-corrected chi connectivity index (χ4v) is 3.31. The monoisotopic (exact) mass is 378 g/mol. The molecule has 2 N–H and O–H groups in total. The maximum Gasteiger partial charge on any atom is 0.258 e. The summed E-state index contributed by atoms with van der Waals surface area (Å²) in [6.45, 7) is 3.15. The summed E-state index contributed by atoms with van der Waals surface area (Å²) in [5, 5.41) is 10.3. The summed E-state index contributed by atoms with van der Waals surface area (Å²) in [5.41, 5.74) is 1.22. The van der Waals surface area contributed by atoms with Crippen LogP contribution in [0.3, 0.4) is 0 Å². The van der Waals surface area contributed by atoms with Crippen molar-refractivity contribution in [2.24, 2.45) is 0 Å². The molecular formula is C19H27ClN4O2. The molecule has 0 saturated heterocycles. The van der Waals surface area contributed by atoms with Crippen molar-refractivity contribution in [2.45, 2.75) is 51.5 Å². The number of benzene rings is 1. The van der Waals surface area contributed by atoms with Gasteiger partial charge in [0.15, 0.2) is 5.82 Å². The van der Waals surface area contributed by atoms with Gasteiger partial charge in [-0.2, -0.15) is 4.98 Å². The summed E-state index contributed by atoms with van der Waals surface area (Å²) in [6, 6.07) is 7.90. The second kappa shape index (κ2) is 10.3. The SMILES string of the molecule is Cc1noc(-c2ccccc2C(=O)NCCNC2CCCCCC2)n1.Cl. The molecule has 2 aromatic rings. The number of halogens is 1. The molecule has 1 fully saturated rings. The lowest BCUT2D eigenvalue weighted by atomic mass is 10.1. The minimum absolute atomic E-state index is 0. The smallest absolute Gasteiger partial charge is 0.258 e. The first kappa shape index (κ1) is 20.4. The molecule has 0 aliphatic heterocycles. The van der Waals surface area contributed by atoms with Gasteiger partial charge in [-0.15, -0.1) is 12.4 Å². The molecule has 0 radical (unpaired) electrons. The Balaban J connectivity index is 0.00000243. The number of amides is 1. The second-order valence-electron chi connectivity index (χ2n) is 6.59. The van der Waals surface area contributed by atoms with Crippen LogP contribution in [0.15, 0.2) is 28.8 Å². The summed E-state index contributed by atoms with van der Waals surface area (Å²) in [5.74, 6) is 0.812. The van der Waals surface area contributed by atoms with E-state index in [9.17, 15) is 4.79 Å². The normalized spacial score (nSPS) is 15.1. The molecule has 1 aliphatic carbocycles. The van der Waals surface area contributed by atoms with E-state index in [1.165, 1.54) is 38.5 Å². The quantitative estimate of drug-likeness (QED) is 0.594. The maximum absolute atomic E-state index is 12.5. The number of hydrogen-bond donors (Lipinski definition) is 2. The fraction of sp³-hybridized carbons (Fsp3) is 0.526. The van der Waals surface area contributed by atoms with E-state index in [-0.39, 0.29) is 18.3 Å². The van der Waals surface area contributed by atoms with Gasteiger partial charge in [0.05, 0.1) is 11.1 Å². The minimum atomic E-state index is -0.117. The van der Waals surface area contributed by atoms with Gasteiger partial charge in [-0.25, -0.2) is 0 Å². The van der Waals surface area contributed by atoms with E-state index in [0.717, 1.165) is 6.54 Å². The topological polar surface area (TPSA) is 80.0 Å². The molecule has 1 aromatic carbocycles. The predicted octanol–water partition coefficient (Wildman–Crippen LogP) is 3.51. The van der Waals surface area contributed by atoms with E-state index in [0.29, 0.717) is 35.4 Å². The second-order valence-corrected chi connectivity index (χ2v) is 6.59. The molecule has 6 nitrogen and oxygen atoms in total. The first-order chi connectivity index (χ1) is 12.2. The lowest BCUT2D eigenvalue weighted by Gasteiger charge is -2.16. The van der Waals surface area contributed by atoms with Crippen molar-refractivity contribution < 1.29 is 9.32 Å². The van der Waals surface area contributed by atoms with Crippen molar-refractivity contribution in [1.29, 1.82) is 0 Å². The van der Waals surface area contributed by atoms with E-state index in [1.54, 1.807) is 13.0 Å². The van der Waals surface area contributed by atoms with Crippen LogP contribution >= 0.6 is 12.4 Å². The lowest BCUT2D eigenvalue weighted by molar-refractivity contribution is 0.0954. The lowest BCUT2D eigenvalue weighted by Crippen LogP contribution is -2.37. The van der Waals surface area contributed by atoms with Gasteiger partial charge in [-0.1, -0.05) is 43.0 Å². The van der Waals surface area contributed by atoms with Gasteiger partial charge in [0.1, 0.15) is 0 Å². The maximum atomic E-state index is 12.5. The molecule has 1 heterocycles. The average molecular weight is 379 g/mol. The highest BCUT2D eigenvalue weighted by molar-refractivity contribution is 5.99. The highest BCUT2D eigenvalue weighted by Gasteiger charge is 2.16. The largest absolute Gasteiger partial charge is 0.351 e. The molecular weight excluding hydrogens is 352 g/mol. The Bertz CT molecular complexity index is 696. The van der Waals surface area contributed by atoms with Crippen LogP contribution < -0.4 is 10.6 Å². The standard InChI is InChI=1S/C19H26N4O2.ClH/c1-14-22-19(25-23-14)17-11-7-6-10-16(17)18(24)21-13-12-20-15-8-4-2-3-5-9-15;/h6-7,10-11,15,20H,2-5,8-9,12-13H2,1H3,(H,21,24);1H. The van der Waals surface area contributed by atoms with Gasteiger partial charge < -0.3 is 15.2 Å². The molecule has 1 saturated carbocycles. The van der Waals surface area contributed by atoms with Crippen molar-refractivity contribution in [2.75, 3.05) is 13.1 Å². The Labute approximate surface area is 160 Å². The van der Waals surface area contributed by atoms with Gasteiger partial charge in [0, 0.05) is 19.1 Å². The van der Waals surface area contributed by atoms with E-state index in [2.05, 4.69) is 20.8 Å². The van der Waals surface area contributed by atoms with E-state index in [4.69, 9.17) is 4.52 Å². The molecule has 142 valence electrons. The van der Waals surface area contributed by atoms with Crippen molar-refractivity contribution >= 4 is 18.3 Å². The first-order valence-corrected chi connectivity index (χ1v) is 9.15. The van der Waals surface area contributed by atoms with Crippen LogP contribution in [0.1, 0.15) is 54.7 Å². The highest BCUT2D eigenvalue weighted by Crippen LogP contribution is 2.21. The summed E-state index contributed by atoms with van der Waals surface area (Å²) in [7, 11) is 0. The number of hydrogen-bond acceptors (Lipinski definition) is 5. The molecule has 0 atom stereocenters. The Morgan fingerprint density at radius 2 is 1.88 bits per heavy atom. The van der Waals surface area contributed by atoms with Crippen LogP contribution in [0.2, 0.25) is 0 Å². The van der Waals surface area contributed by atoms with Crippen molar-refractivity contribution in [3.63, 3.8) is 0 Å². The van der Waals surface area contributed by atoms with E-state index in [1.807, 2.05) is 18.2 Å². The molecule has 1 amide bonds. The zero-order valence-corrected chi connectivity index (χ0v) is 16.0. The summed E-state index contributed by atoms with van der Waals surface area (Å²) < 4.78 is 5.20. The Morgan fingerprint density at radius 1 is 1.15 bits per heavy atom. The number of aromatic nitrogens is 2. The highest BCUT2D eigenvalue weighted by atomic mass is 35.5. The summed E-state index contributed by atoms with van der Waals surface area (Å²) in [4.78, 5) is 16.7. The molecule has 3 rings (SSSR count). The summed E-state index contributed by atoms with van der Waals surface area (Å²) in [6.07, 6.45) is 7.80. The third-order valence-electron chi connectivity index (χ3n) is 4.63. The third-order valence-corrected chi connectivity index (χ3v) is 4.63. The zero-order valence-electron chi connectivity index (χ0n) is 15.2. The average Bonchev–Trinajstić information content (AvgIpc) is 2.90. The number of aryl methyl sites for hydroxylation is 1. The minimum Gasteiger partial charge on any atom is -0.351 e. The molecule has 1 aromatic heterocycles. The Kier molecular flexibility index (Phi) is 8.06. The van der Waals surface area contributed by atoms with Crippen molar-refractivity contribution in [1.82, 2.24) is 20.8 Å². The predicted molar refractivity (Wildman–Crippen MR) is 104 cm³/mol. The zero-order chi connectivity index (χ0) is 17.5. The Morgan fingerprint density at radius 3 is 2.58 bits per heavy atom. The van der Waals surface area contributed by atoms with Gasteiger partial charge in [0.2, 0.25) is 0 Å². The van der Waals surface area contributed by atoms with Gasteiger partial charge in [0.25, 0.3) is 11.8 Å². The number of rotatable bonds is 6. The Hall–Kier alpha value is -1.92. The van der Waals surface area contributed by atoms with Crippen LogP contribution in [0.5, 0.6) is 0 Å². The van der Waals surface area contributed by atoms with Crippen LogP contribution in [-0.2, 0) is 0 Å². The van der Waals surface area contributed by atoms with Crippen LogP contribution in [0, 0.1) is 6.92 Å². The van der Waals surface area contributed by atoms with Crippen LogP contribution in [-0.4, -0.2) is 35.2 Å². The molecule has 0 spiro atoms. The molecule has 0 bridgehead atoms. The van der Waals surface area contributed by atoms with Crippen molar-refractivity contribution in [3.05, 3.63) is 35.7 Å².